The van der Waals surface area contributed by atoms with Gasteiger partial charge in [-0.1, -0.05) is 30.3 Å². The van der Waals surface area contributed by atoms with Gasteiger partial charge in [-0.15, -0.1) is 0 Å². The van der Waals surface area contributed by atoms with E-state index in [2.05, 4.69) is 76.9 Å². The van der Waals surface area contributed by atoms with E-state index in [4.69, 9.17) is 4.74 Å². The van der Waals surface area contributed by atoms with E-state index in [1.807, 2.05) is 0 Å². The van der Waals surface area contributed by atoms with Crippen LogP contribution in [0.5, 0.6) is 5.75 Å². The van der Waals surface area contributed by atoms with E-state index in [0.29, 0.717) is 0 Å². The molecule has 0 atom stereocenters. The van der Waals surface area contributed by atoms with E-state index < -0.39 is 0 Å². The summed E-state index contributed by atoms with van der Waals surface area (Å²) in [4.78, 5) is 2.53. The lowest BCUT2D eigenvalue weighted by atomic mass is 10.00. The molecule has 0 bridgehead atoms. The number of hydrogen-bond acceptors (Lipinski definition) is 2. The van der Waals surface area contributed by atoms with Gasteiger partial charge in [-0.05, 0) is 71.2 Å². The van der Waals surface area contributed by atoms with E-state index in [1.165, 1.54) is 33.2 Å². The van der Waals surface area contributed by atoms with Gasteiger partial charge in [0.25, 0.3) is 0 Å². The monoisotopic (exact) mass is 407 g/mol. The highest BCUT2D eigenvalue weighted by Gasteiger charge is 2.14. The van der Waals surface area contributed by atoms with Crippen LogP contribution in [0.2, 0.25) is 0 Å². The summed E-state index contributed by atoms with van der Waals surface area (Å²) in [5.74, 6) is 1.01. The van der Waals surface area contributed by atoms with E-state index in [0.717, 1.165) is 31.9 Å². The highest BCUT2D eigenvalue weighted by atomic mass is 127. The van der Waals surface area contributed by atoms with Crippen LogP contribution in [0.1, 0.15) is 23.1 Å². The van der Waals surface area contributed by atoms with Gasteiger partial charge in [-0.2, -0.15) is 0 Å². The fourth-order valence-corrected chi connectivity index (χ4v) is 3.76. The van der Waals surface area contributed by atoms with Crippen molar-refractivity contribution in [2.24, 2.45) is 0 Å². The molecule has 2 aromatic carbocycles. The van der Waals surface area contributed by atoms with Crippen LogP contribution in [0.3, 0.4) is 0 Å². The van der Waals surface area contributed by atoms with Crippen LogP contribution in [-0.4, -0.2) is 24.6 Å². The Kier molecular flexibility index (Phi) is 5.37. The van der Waals surface area contributed by atoms with Gasteiger partial charge in [0.05, 0.1) is 10.2 Å². The minimum Gasteiger partial charge on any atom is -0.492 e. The molecule has 22 heavy (non-hydrogen) atoms. The molecule has 0 spiro atoms. The maximum absolute atomic E-state index is 5.92. The third-order valence-electron chi connectivity index (χ3n) is 4.17. The summed E-state index contributed by atoms with van der Waals surface area (Å²) in [6.45, 7) is 6.26. The van der Waals surface area contributed by atoms with E-state index >= 15 is 0 Å². The molecule has 0 unspecified atom stereocenters. The molecule has 0 N–H and O–H groups in total. The molecule has 0 amide bonds. The van der Waals surface area contributed by atoms with Gasteiger partial charge in [-0.25, -0.2) is 0 Å². The van der Waals surface area contributed by atoms with Crippen molar-refractivity contribution in [2.45, 2.75) is 26.3 Å². The fourth-order valence-electron chi connectivity index (χ4n) is 2.94. The number of nitrogens with zero attached hydrogens (tertiary/aromatic N) is 1. The Morgan fingerprint density at radius 2 is 1.95 bits per heavy atom. The number of fused-ring (bicyclic) bond motifs is 1. The first-order valence-corrected chi connectivity index (χ1v) is 8.98. The van der Waals surface area contributed by atoms with Gasteiger partial charge in [0.2, 0.25) is 0 Å². The van der Waals surface area contributed by atoms with Crippen molar-refractivity contribution in [1.29, 1.82) is 0 Å². The smallest absolute Gasteiger partial charge is 0.132 e. The zero-order chi connectivity index (χ0) is 15.4. The summed E-state index contributed by atoms with van der Waals surface area (Å²) in [6, 6.07) is 15.2. The Hall–Kier alpha value is -1.07. The average Bonchev–Trinajstić information content (AvgIpc) is 2.53. The molecule has 0 aromatic heterocycles. The lowest BCUT2D eigenvalue weighted by molar-refractivity contribution is 0.220. The molecular formula is C19H22INO. The van der Waals surface area contributed by atoms with Crippen molar-refractivity contribution >= 4 is 22.6 Å². The number of aryl methyl sites for hydroxylation is 1. The minimum absolute atomic E-state index is 0.789. The van der Waals surface area contributed by atoms with Gasteiger partial charge in [-0.3, -0.25) is 4.90 Å². The summed E-state index contributed by atoms with van der Waals surface area (Å²) in [5, 5.41) is 0. The molecule has 116 valence electrons. The van der Waals surface area contributed by atoms with Crippen LogP contribution in [0.15, 0.2) is 42.5 Å². The van der Waals surface area contributed by atoms with Crippen LogP contribution in [0.25, 0.3) is 0 Å². The molecule has 0 aliphatic carbocycles. The molecular weight excluding hydrogens is 385 g/mol. The van der Waals surface area contributed by atoms with E-state index in [9.17, 15) is 0 Å². The maximum atomic E-state index is 5.92. The predicted octanol–water partition coefficient (Wildman–Crippen LogP) is 4.43. The van der Waals surface area contributed by atoms with Crippen molar-refractivity contribution in [1.82, 2.24) is 4.90 Å². The van der Waals surface area contributed by atoms with E-state index in [-0.39, 0.29) is 0 Å². The molecule has 0 saturated heterocycles. The summed E-state index contributed by atoms with van der Waals surface area (Å²) in [6.07, 6.45) is 2.25. The van der Waals surface area contributed by atoms with Gasteiger partial charge < -0.3 is 4.74 Å². The first kappa shape index (κ1) is 15.8. The number of benzene rings is 2. The van der Waals surface area contributed by atoms with Gasteiger partial charge >= 0.3 is 0 Å². The van der Waals surface area contributed by atoms with Crippen LogP contribution in [-0.2, 0) is 13.0 Å². The molecule has 0 fully saturated rings. The Labute approximate surface area is 146 Å². The topological polar surface area (TPSA) is 12.5 Å². The Balaban J connectivity index is 1.44. The Morgan fingerprint density at radius 1 is 1.14 bits per heavy atom. The van der Waals surface area contributed by atoms with E-state index in [1.54, 1.807) is 0 Å². The van der Waals surface area contributed by atoms with Gasteiger partial charge in [0, 0.05) is 19.6 Å². The number of ether oxygens (including phenoxy) is 1. The molecule has 3 heteroatoms. The minimum atomic E-state index is 0.789. The van der Waals surface area contributed by atoms with Crippen LogP contribution >= 0.6 is 22.6 Å². The fraction of sp³-hybridized carbons (Fsp3) is 0.368. The highest BCUT2D eigenvalue weighted by Crippen LogP contribution is 2.22. The van der Waals surface area contributed by atoms with Crippen molar-refractivity contribution in [3.05, 3.63) is 62.7 Å². The number of rotatable bonds is 5. The standard InChI is InChI=1S/C19H22INO/c1-15-7-8-19(18(20)13-15)22-12-4-10-21-11-9-16-5-2-3-6-17(16)14-21/h2-3,5-8,13H,4,9-12,14H2,1H3. The largest absolute Gasteiger partial charge is 0.492 e. The first-order chi connectivity index (χ1) is 10.7. The number of halogens is 1. The molecule has 2 nitrogen and oxygen atoms in total. The SMILES string of the molecule is Cc1ccc(OCCCN2CCc3ccccc3C2)c(I)c1. The molecule has 3 rings (SSSR count). The second kappa shape index (κ2) is 7.47. The molecule has 0 radical (unpaired) electrons. The summed E-state index contributed by atoms with van der Waals surface area (Å²) < 4.78 is 7.12. The Morgan fingerprint density at radius 3 is 2.77 bits per heavy atom. The summed E-state index contributed by atoms with van der Waals surface area (Å²) >= 11 is 2.35. The van der Waals surface area contributed by atoms with Crippen molar-refractivity contribution in [3.8, 4) is 5.75 Å². The second-order valence-corrected chi connectivity index (χ2v) is 7.09. The maximum Gasteiger partial charge on any atom is 0.132 e. The van der Waals surface area contributed by atoms with Crippen molar-refractivity contribution < 1.29 is 4.74 Å². The van der Waals surface area contributed by atoms with Crippen molar-refractivity contribution in [2.75, 3.05) is 19.7 Å². The quantitative estimate of drug-likeness (QED) is 0.537. The molecule has 1 aliphatic heterocycles. The second-order valence-electron chi connectivity index (χ2n) is 5.93. The van der Waals surface area contributed by atoms with Crippen molar-refractivity contribution in [3.63, 3.8) is 0 Å². The number of hydrogen-bond donors (Lipinski definition) is 0. The third kappa shape index (κ3) is 4.02. The van der Waals surface area contributed by atoms with Crippen LogP contribution in [0, 0.1) is 10.5 Å². The normalized spacial score (nSPS) is 14.6. The zero-order valence-corrected chi connectivity index (χ0v) is 15.2. The van der Waals surface area contributed by atoms with Gasteiger partial charge in [0.15, 0.2) is 0 Å². The molecule has 1 aliphatic rings. The first-order valence-electron chi connectivity index (χ1n) is 7.90. The lowest BCUT2D eigenvalue weighted by Gasteiger charge is -2.28. The Bertz CT molecular complexity index is 641. The summed E-state index contributed by atoms with van der Waals surface area (Å²) in [5.41, 5.74) is 4.29. The molecule has 1 heterocycles. The van der Waals surface area contributed by atoms with Gasteiger partial charge in [0.1, 0.15) is 5.75 Å². The molecule has 2 aromatic rings. The van der Waals surface area contributed by atoms with Crippen LogP contribution in [0.4, 0.5) is 0 Å². The average molecular weight is 407 g/mol. The zero-order valence-electron chi connectivity index (χ0n) is 13.0. The molecule has 0 saturated carbocycles. The highest BCUT2D eigenvalue weighted by molar-refractivity contribution is 14.1. The third-order valence-corrected chi connectivity index (χ3v) is 5.02. The predicted molar refractivity (Wildman–Crippen MR) is 99.4 cm³/mol. The van der Waals surface area contributed by atoms with Crippen LogP contribution < -0.4 is 4.74 Å². The summed E-state index contributed by atoms with van der Waals surface area (Å²) in [7, 11) is 0. The lowest BCUT2D eigenvalue weighted by Crippen LogP contribution is -2.32.